The summed E-state index contributed by atoms with van der Waals surface area (Å²) in [6, 6.07) is 12.6. The van der Waals surface area contributed by atoms with E-state index in [0.29, 0.717) is 0 Å². The van der Waals surface area contributed by atoms with E-state index in [1.54, 1.807) is 23.5 Å². The molecule has 0 aliphatic carbocycles. The molecule has 0 saturated carbocycles. The minimum Gasteiger partial charge on any atom is -0.236 e. The van der Waals surface area contributed by atoms with Crippen LogP contribution < -0.4 is 0 Å². The number of hydrogen-bond acceptors (Lipinski definition) is 2. The predicted molar refractivity (Wildman–Crippen MR) is 69.8 cm³/mol. The highest BCUT2D eigenvalue weighted by atomic mass is 32.1. The van der Waals surface area contributed by atoms with E-state index in [9.17, 15) is 4.39 Å². The number of nitrogens with zero attached hydrogens (tertiary/aromatic N) is 1. The number of aromatic nitrogens is 1. The molecule has 3 heteroatoms. The van der Waals surface area contributed by atoms with Crippen LogP contribution in [0.3, 0.4) is 0 Å². The maximum atomic E-state index is 12.9. The van der Waals surface area contributed by atoms with Crippen molar-refractivity contribution in [3.8, 4) is 10.6 Å². The van der Waals surface area contributed by atoms with Crippen molar-refractivity contribution in [1.29, 1.82) is 0 Å². The average Bonchev–Trinajstić information content (AvgIpc) is 2.75. The Morgan fingerprint density at radius 1 is 1.06 bits per heavy atom. The quantitative estimate of drug-likeness (QED) is 0.617. The lowest BCUT2D eigenvalue weighted by molar-refractivity contribution is 0.628. The van der Waals surface area contributed by atoms with Crippen LogP contribution in [-0.2, 0) is 0 Å². The van der Waals surface area contributed by atoms with Gasteiger partial charge in [-0.1, -0.05) is 12.1 Å². The second kappa shape index (κ2) is 3.93. The minimum atomic E-state index is -0.217. The molecular formula is C14H10FNS. The van der Waals surface area contributed by atoms with Gasteiger partial charge in [0.05, 0.1) is 10.2 Å². The molecule has 84 valence electrons. The fourth-order valence-electron chi connectivity index (χ4n) is 1.80. The maximum absolute atomic E-state index is 12.9. The van der Waals surface area contributed by atoms with Gasteiger partial charge in [-0.05, 0) is 42.8 Å². The van der Waals surface area contributed by atoms with E-state index < -0.39 is 0 Å². The van der Waals surface area contributed by atoms with Crippen molar-refractivity contribution < 1.29 is 4.39 Å². The van der Waals surface area contributed by atoms with Crippen molar-refractivity contribution in [2.45, 2.75) is 6.92 Å². The van der Waals surface area contributed by atoms with Gasteiger partial charge in [0.25, 0.3) is 0 Å². The van der Waals surface area contributed by atoms with Crippen LogP contribution in [0.4, 0.5) is 4.39 Å². The average molecular weight is 243 g/mol. The summed E-state index contributed by atoms with van der Waals surface area (Å²) in [5.41, 5.74) is 3.20. The number of halogens is 1. The number of thiazole rings is 1. The Labute approximate surface area is 103 Å². The highest BCUT2D eigenvalue weighted by Crippen LogP contribution is 2.31. The molecule has 2 aromatic carbocycles. The number of aryl methyl sites for hydroxylation is 1. The molecule has 3 aromatic rings. The lowest BCUT2D eigenvalue weighted by Gasteiger charge is -1.94. The molecule has 0 amide bonds. The normalized spacial score (nSPS) is 10.9. The third kappa shape index (κ3) is 1.83. The van der Waals surface area contributed by atoms with E-state index in [0.717, 1.165) is 16.1 Å². The monoisotopic (exact) mass is 243 g/mol. The third-order valence-corrected chi connectivity index (χ3v) is 3.96. The molecule has 0 N–H and O–H groups in total. The topological polar surface area (TPSA) is 12.9 Å². The van der Waals surface area contributed by atoms with Crippen LogP contribution in [-0.4, -0.2) is 4.98 Å². The molecule has 0 spiro atoms. The molecule has 0 saturated heterocycles. The summed E-state index contributed by atoms with van der Waals surface area (Å²) in [5.74, 6) is -0.217. The summed E-state index contributed by atoms with van der Waals surface area (Å²) in [7, 11) is 0. The van der Waals surface area contributed by atoms with E-state index in [1.807, 2.05) is 12.1 Å². The molecule has 0 bridgehead atoms. The van der Waals surface area contributed by atoms with Crippen molar-refractivity contribution in [2.75, 3.05) is 0 Å². The van der Waals surface area contributed by atoms with E-state index in [1.165, 1.54) is 22.4 Å². The SMILES string of the molecule is Cc1cccc2nc(-c3ccc(F)cc3)sc12. The molecule has 0 aliphatic rings. The summed E-state index contributed by atoms with van der Waals surface area (Å²) < 4.78 is 14.1. The van der Waals surface area contributed by atoms with Gasteiger partial charge in [0.15, 0.2) is 0 Å². The zero-order valence-electron chi connectivity index (χ0n) is 9.27. The Hall–Kier alpha value is -1.74. The zero-order valence-corrected chi connectivity index (χ0v) is 10.1. The van der Waals surface area contributed by atoms with E-state index >= 15 is 0 Å². The molecule has 1 heterocycles. The molecule has 0 radical (unpaired) electrons. The van der Waals surface area contributed by atoms with Crippen molar-refractivity contribution in [1.82, 2.24) is 4.98 Å². The van der Waals surface area contributed by atoms with Gasteiger partial charge >= 0.3 is 0 Å². The van der Waals surface area contributed by atoms with Gasteiger partial charge in [-0.25, -0.2) is 9.37 Å². The number of hydrogen-bond donors (Lipinski definition) is 0. The molecule has 0 aliphatic heterocycles. The molecule has 1 nitrogen and oxygen atoms in total. The first kappa shape index (κ1) is 10.4. The molecule has 3 rings (SSSR count). The highest BCUT2D eigenvalue weighted by Gasteiger charge is 2.07. The molecule has 0 unspecified atom stereocenters. The zero-order chi connectivity index (χ0) is 11.8. The van der Waals surface area contributed by atoms with E-state index in [-0.39, 0.29) is 5.82 Å². The van der Waals surface area contributed by atoms with Gasteiger partial charge in [-0.2, -0.15) is 0 Å². The Morgan fingerprint density at radius 3 is 2.53 bits per heavy atom. The Morgan fingerprint density at radius 2 is 1.82 bits per heavy atom. The molecular weight excluding hydrogens is 233 g/mol. The number of benzene rings is 2. The Bertz CT molecular complexity index is 670. The lowest BCUT2D eigenvalue weighted by atomic mass is 10.2. The van der Waals surface area contributed by atoms with Gasteiger partial charge in [-0.15, -0.1) is 11.3 Å². The summed E-state index contributed by atoms with van der Waals surface area (Å²) in [5, 5.41) is 0.939. The fourth-order valence-corrected chi connectivity index (χ4v) is 2.84. The minimum absolute atomic E-state index is 0.217. The standard InChI is InChI=1S/C14H10FNS/c1-9-3-2-4-12-13(9)17-14(16-12)10-5-7-11(15)8-6-10/h2-8H,1H3. The second-order valence-corrected chi connectivity index (χ2v) is 4.95. The van der Waals surface area contributed by atoms with Gasteiger partial charge in [0.1, 0.15) is 10.8 Å². The first-order valence-corrected chi connectivity index (χ1v) is 6.18. The summed E-state index contributed by atoms with van der Waals surface area (Å²) in [6.45, 7) is 2.08. The van der Waals surface area contributed by atoms with E-state index in [2.05, 4.69) is 18.0 Å². The van der Waals surface area contributed by atoms with Crippen molar-refractivity contribution in [3.63, 3.8) is 0 Å². The van der Waals surface area contributed by atoms with Crippen molar-refractivity contribution >= 4 is 21.6 Å². The fraction of sp³-hybridized carbons (Fsp3) is 0.0714. The summed E-state index contributed by atoms with van der Waals surface area (Å²) in [6.07, 6.45) is 0. The van der Waals surface area contributed by atoms with Crippen LogP contribution in [0.15, 0.2) is 42.5 Å². The highest BCUT2D eigenvalue weighted by molar-refractivity contribution is 7.21. The van der Waals surface area contributed by atoms with Crippen LogP contribution >= 0.6 is 11.3 Å². The van der Waals surface area contributed by atoms with Crippen LogP contribution in [0.5, 0.6) is 0 Å². The van der Waals surface area contributed by atoms with Crippen LogP contribution in [0, 0.1) is 12.7 Å². The van der Waals surface area contributed by atoms with Crippen LogP contribution in [0.1, 0.15) is 5.56 Å². The van der Waals surface area contributed by atoms with Gasteiger partial charge in [0.2, 0.25) is 0 Å². The number of fused-ring (bicyclic) bond motifs is 1. The number of rotatable bonds is 1. The molecule has 1 aromatic heterocycles. The first-order valence-electron chi connectivity index (χ1n) is 5.36. The third-order valence-electron chi connectivity index (χ3n) is 2.70. The summed E-state index contributed by atoms with van der Waals surface area (Å²) in [4.78, 5) is 4.57. The molecule has 0 atom stereocenters. The predicted octanol–water partition coefficient (Wildman–Crippen LogP) is 4.41. The lowest BCUT2D eigenvalue weighted by Crippen LogP contribution is -1.77. The van der Waals surface area contributed by atoms with Gasteiger partial charge in [-0.3, -0.25) is 0 Å². The van der Waals surface area contributed by atoms with Gasteiger partial charge in [0, 0.05) is 5.56 Å². The van der Waals surface area contributed by atoms with Crippen LogP contribution in [0.2, 0.25) is 0 Å². The maximum Gasteiger partial charge on any atom is 0.124 e. The van der Waals surface area contributed by atoms with Crippen LogP contribution in [0.25, 0.3) is 20.8 Å². The molecule has 17 heavy (non-hydrogen) atoms. The largest absolute Gasteiger partial charge is 0.236 e. The molecule has 0 fully saturated rings. The van der Waals surface area contributed by atoms with Crippen molar-refractivity contribution in [3.05, 3.63) is 53.8 Å². The Balaban J connectivity index is 2.18. The Kier molecular flexibility index (Phi) is 2.41. The van der Waals surface area contributed by atoms with E-state index in [4.69, 9.17) is 0 Å². The smallest absolute Gasteiger partial charge is 0.124 e. The summed E-state index contributed by atoms with van der Waals surface area (Å²) >= 11 is 1.65. The van der Waals surface area contributed by atoms with Crippen molar-refractivity contribution in [2.24, 2.45) is 0 Å². The van der Waals surface area contributed by atoms with Gasteiger partial charge < -0.3 is 0 Å². The first-order chi connectivity index (χ1) is 8.24. The second-order valence-electron chi connectivity index (χ2n) is 3.95.